The summed E-state index contributed by atoms with van der Waals surface area (Å²) in [6.45, 7) is 0.800. The van der Waals surface area contributed by atoms with Crippen molar-refractivity contribution in [2.75, 3.05) is 7.11 Å². The molecule has 8 heteroatoms. The highest BCUT2D eigenvalue weighted by Crippen LogP contribution is 2.37. The standard InChI is InChI=1S/C18H17F3O5/c1-11-6-7-16(14(8-11)18(19,20)21)25-10-13-12(9-22)4-3-5-15(13)26-17(23)24-2/h3-8,22H,9-10H2,1-2H3. The van der Waals surface area contributed by atoms with Gasteiger partial charge in [-0.05, 0) is 30.7 Å². The second kappa shape index (κ2) is 8.09. The van der Waals surface area contributed by atoms with Crippen LogP contribution in [0.3, 0.4) is 0 Å². The van der Waals surface area contributed by atoms with Crippen LogP contribution in [0.5, 0.6) is 11.5 Å². The summed E-state index contributed by atoms with van der Waals surface area (Å²) in [6, 6.07) is 8.20. The fourth-order valence-corrected chi connectivity index (χ4v) is 2.29. The predicted molar refractivity (Wildman–Crippen MR) is 85.9 cm³/mol. The number of aryl methyl sites for hydroxylation is 1. The Labute approximate surface area is 147 Å². The van der Waals surface area contributed by atoms with E-state index in [1.807, 2.05) is 0 Å². The smallest absolute Gasteiger partial charge is 0.488 e. The van der Waals surface area contributed by atoms with Crippen LogP contribution in [-0.4, -0.2) is 18.4 Å². The number of methoxy groups -OCH3 is 1. The summed E-state index contributed by atoms with van der Waals surface area (Å²) < 4.78 is 54.3. The Bertz CT molecular complexity index is 787. The molecule has 0 aliphatic heterocycles. The van der Waals surface area contributed by atoms with Gasteiger partial charge in [0.15, 0.2) is 0 Å². The Kier molecular flexibility index (Phi) is 6.10. The third-order valence-corrected chi connectivity index (χ3v) is 3.57. The zero-order valence-electron chi connectivity index (χ0n) is 14.1. The minimum absolute atomic E-state index is 0.0315. The van der Waals surface area contributed by atoms with E-state index in [1.165, 1.54) is 24.3 Å². The topological polar surface area (TPSA) is 65.0 Å². The van der Waals surface area contributed by atoms with Crippen molar-refractivity contribution in [2.45, 2.75) is 26.3 Å². The molecule has 5 nitrogen and oxygen atoms in total. The third-order valence-electron chi connectivity index (χ3n) is 3.57. The van der Waals surface area contributed by atoms with E-state index >= 15 is 0 Å². The first-order valence-corrected chi connectivity index (χ1v) is 7.54. The van der Waals surface area contributed by atoms with Crippen LogP contribution in [-0.2, 0) is 24.1 Å². The van der Waals surface area contributed by atoms with Gasteiger partial charge in [-0.2, -0.15) is 13.2 Å². The molecular weight excluding hydrogens is 353 g/mol. The minimum Gasteiger partial charge on any atom is -0.488 e. The first kappa shape index (κ1) is 19.6. The summed E-state index contributed by atoms with van der Waals surface area (Å²) in [4.78, 5) is 11.3. The lowest BCUT2D eigenvalue weighted by Gasteiger charge is -2.17. The van der Waals surface area contributed by atoms with Crippen molar-refractivity contribution >= 4 is 6.16 Å². The van der Waals surface area contributed by atoms with Gasteiger partial charge in [-0.1, -0.05) is 23.8 Å². The summed E-state index contributed by atoms with van der Waals surface area (Å²) in [5.41, 5.74) is 0.130. The van der Waals surface area contributed by atoms with Crippen molar-refractivity contribution in [1.29, 1.82) is 0 Å². The molecule has 2 rings (SSSR count). The maximum absolute atomic E-state index is 13.2. The summed E-state index contributed by atoms with van der Waals surface area (Å²) >= 11 is 0. The molecule has 26 heavy (non-hydrogen) atoms. The molecule has 0 atom stereocenters. The average molecular weight is 370 g/mol. The number of hydrogen-bond acceptors (Lipinski definition) is 5. The van der Waals surface area contributed by atoms with Crippen LogP contribution < -0.4 is 9.47 Å². The summed E-state index contributed by atoms with van der Waals surface area (Å²) in [6.07, 6.45) is -5.57. The van der Waals surface area contributed by atoms with E-state index in [4.69, 9.17) is 9.47 Å². The molecule has 0 aliphatic rings. The molecular formula is C18H17F3O5. The minimum atomic E-state index is -4.58. The molecule has 0 aromatic heterocycles. The van der Waals surface area contributed by atoms with Crippen LogP contribution in [0.1, 0.15) is 22.3 Å². The molecule has 2 aromatic rings. The van der Waals surface area contributed by atoms with Crippen LogP contribution in [0.25, 0.3) is 0 Å². The fraction of sp³-hybridized carbons (Fsp3) is 0.278. The predicted octanol–water partition coefficient (Wildman–Crippen LogP) is 4.23. The molecule has 0 aliphatic carbocycles. The second-order valence-corrected chi connectivity index (χ2v) is 5.39. The lowest BCUT2D eigenvalue weighted by molar-refractivity contribution is -0.139. The SMILES string of the molecule is COC(=O)Oc1cccc(CO)c1COc1ccc(C)cc1C(F)(F)F. The maximum Gasteiger partial charge on any atom is 0.513 e. The quantitative estimate of drug-likeness (QED) is 0.630. The van der Waals surface area contributed by atoms with Gasteiger partial charge in [0.1, 0.15) is 18.1 Å². The van der Waals surface area contributed by atoms with Crippen molar-refractivity contribution < 1.29 is 37.3 Å². The lowest BCUT2D eigenvalue weighted by Crippen LogP contribution is -2.13. The van der Waals surface area contributed by atoms with Crippen molar-refractivity contribution in [3.05, 3.63) is 58.7 Å². The van der Waals surface area contributed by atoms with Crippen LogP contribution in [0.4, 0.5) is 18.0 Å². The van der Waals surface area contributed by atoms with Gasteiger partial charge in [0.2, 0.25) is 0 Å². The van der Waals surface area contributed by atoms with E-state index in [2.05, 4.69) is 4.74 Å². The van der Waals surface area contributed by atoms with Crippen molar-refractivity contribution in [3.63, 3.8) is 0 Å². The number of halogens is 3. The van der Waals surface area contributed by atoms with E-state index in [-0.39, 0.29) is 23.7 Å². The monoisotopic (exact) mass is 370 g/mol. The molecule has 0 unspecified atom stereocenters. The van der Waals surface area contributed by atoms with E-state index in [1.54, 1.807) is 13.0 Å². The first-order valence-electron chi connectivity index (χ1n) is 7.54. The highest BCUT2D eigenvalue weighted by Gasteiger charge is 2.34. The van der Waals surface area contributed by atoms with Crippen LogP contribution >= 0.6 is 0 Å². The molecule has 0 saturated heterocycles. The largest absolute Gasteiger partial charge is 0.513 e. The molecule has 1 N–H and O–H groups in total. The van der Waals surface area contributed by atoms with Gasteiger partial charge >= 0.3 is 12.3 Å². The van der Waals surface area contributed by atoms with E-state index in [0.717, 1.165) is 13.2 Å². The molecule has 0 radical (unpaired) electrons. The molecule has 140 valence electrons. The number of carbonyl (C=O) groups is 1. The van der Waals surface area contributed by atoms with Crippen LogP contribution in [0.2, 0.25) is 0 Å². The van der Waals surface area contributed by atoms with E-state index < -0.39 is 24.5 Å². The number of carbonyl (C=O) groups excluding carboxylic acids is 1. The van der Waals surface area contributed by atoms with Gasteiger partial charge in [0.25, 0.3) is 0 Å². The molecule has 2 aromatic carbocycles. The number of ether oxygens (including phenoxy) is 3. The van der Waals surface area contributed by atoms with E-state index in [9.17, 15) is 23.1 Å². The summed E-state index contributed by atoms with van der Waals surface area (Å²) in [7, 11) is 1.12. The number of alkyl halides is 3. The molecule has 0 spiro atoms. The van der Waals surface area contributed by atoms with Crippen LogP contribution in [0.15, 0.2) is 36.4 Å². The average Bonchev–Trinajstić information content (AvgIpc) is 2.60. The van der Waals surface area contributed by atoms with Crippen molar-refractivity contribution in [1.82, 2.24) is 0 Å². The van der Waals surface area contributed by atoms with Gasteiger partial charge in [-0.15, -0.1) is 0 Å². The normalized spacial score (nSPS) is 11.2. The number of hydrogen-bond donors (Lipinski definition) is 1. The molecule has 0 fully saturated rings. The fourth-order valence-electron chi connectivity index (χ4n) is 2.29. The van der Waals surface area contributed by atoms with Crippen molar-refractivity contribution in [2.24, 2.45) is 0 Å². The van der Waals surface area contributed by atoms with Crippen molar-refractivity contribution in [3.8, 4) is 11.5 Å². The molecule has 0 bridgehead atoms. The van der Waals surface area contributed by atoms with Gasteiger partial charge in [-0.3, -0.25) is 0 Å². The van der Waals surface area contributed by atoms with Gasteiger partial charge in [0.05, 0.1) is 19.3 Å². The Morgan fingerprint density at radius 2 is 1.88 bits per heavy atom. The van der Waals surface area contributed by atoms with Crippen LogP contribution in [0, 0.1) is 6.92 Å². The maximum atomic E-state index is 13.2. The zero-order valence-corrected chi connectivity index (χ0v) is 14.1. The molecule has 0 heterocycles. The Hall–Kier alpha value is -2.74. The first-order chi connectivity index (χ1) is 12.3. The Balaban J connectivity index is 2.34. The third kappa shape index (κ3) is 4.66. The second-order valence-electron chi connectivity index (χ2n) is 5.39. The van der Waals surface area contributed by atoms with Gasteiger partial charge < -0.3 is 19.3 Å². The summed E-state index contributed by atoms with van der Waals surface area (Å²) in [5, 5.41) is 9.44. The Morgan fingerprint density at radius 1 is 1.15 bits per heavy atom. The zero-order chi connectivity index (χ0) is 19.3. The number of benzene rings is 2. The lowest BCUT2D eigenvalue weighted by atomic mass is 10.1. The summed E-state index contributed by atoms with van der Waals surface area (Å²) in [5.74, 6) is -0.330. The highest BCUT2D eigenvalue weighted by molar-refractivity contribution is 5.64. The molecule has 0 saturated carbocycles. The van der Waals surface area contributed by atoms with E-state index in [0.29, 0.717) is 11.1 Å². The van der Waals surface area contributed by atoms with Gasteiger partial charge in [0, 0.05) is 5.56 Å². The number of rotatable bonds is 5. The molecule has 0 amide bonds. The number of aliphatic hydroxyl groups excluding tert-OH is 1. The van der Waals surface area contributed by atoms with Gasteiger partial charge in [-0.25, -0.2) is 4.79 Å². The number of aliphatic hydroxyl groups is 1. The highest BCUT2D eigenvalue weighted by atomic mass is 19.4. The Morgan fingerprint density at radius 3 is 2.50 bits per heavy atom.